The molecular formula is C23H20N2O4. The van der Waals surface area contributed by atoms with Crippen molar-refractivity contribution in [2.24, 2.45) is 0 Å². The normalized spacial score (nSPS) is 10.6. The number of hydrogen-bond donors (Lipinski definition) is 2. The Morgan fingerprint density at radius 1 is 0.862 bits per heavy atom. The molecule has 6 heteroatoms. The quantitative estimate of drug-likeness (QED) is 0.474. The molecule has 4 aromatic rings. The van der Waals surface area contributed by atoms with Gasteiger partial charge in [-0.3, -0.25) is 4.79 Å². The van der Waals surface area contributed by atoms with Crippen LogP contribution in [0, 0.1) is 0 Å². The number of amides is 1. The third-order valence-electron chi connectivity index (χ3n) is 4.52. The summed E-state index contributed by atoms with van der Waals surface area (Å²) in [6.45, 7) is 0. The molecule has 146 valence electrons. The zero-order valence-corrected chi connectivity index (χ0v) is 16.1. The molecular weight excluding hydrogens is 368 g/mol. The molecule has 0 radical (unpaired) electrons. The second-order valence-electron chi connectivity index (χ2n) is 6.35. The first-order valence-corrected chi connectivity index (χ1v) is 9.05. The van der Waals surface area contributed by atoms with Crippen LogP contribution in [0.5, 0.6) is 23.0 Å². The van der Waals surface area contributed by atoms with Crippen molar-refractivity contribution in [3.05, 3.63) is 78.5 Å². The molecule has 0 bridgehead atoms. The summed E-state index contributed by atoms with van der Waals surface area (Å²) in [5, 5.41) is 3.66. The fourth-order valence-corrected chi connectivity index (χ4v) is 3.07. The van der Waals surface area contributed by atoms with Gasteiger partial charge >= 0.3 is 0 Å². The van der Waals surface area contributed by atoms with Gasteiger partial charge in [0.2, 0.25) is 0 Å². The molecule has 1 amide bonds. The second kappa shape index (κ2) is 7.98. The van der Waals surface area contributed by atoms with Gasteiger partial charge in [-0.2, -0.15) is 0 Å². The van der Waals surface area contributed by atoms with Crippen molar-refractivity contribution in [1.29, 1.82) is 0 Å². The molecule has 1 aromatic heterocycles. The van der Waals surface area contributed by atoms with E-state index in [-0.39, 0.29) is 5.91 Å². The first-order chi connectivity index (χ1) is 14.2. The van der Waals surface area contributed by atoms with E-state index in [1.165, 1.54) is 0 Å². The highest BCUT2D eigenvalue weighted by Crippen LogP contribution is 2.33. The molecule has 0 fully saturated rings. The Hall–Kier alpha value is -3.93. The number of anilines is 1. The highest BCUT2D eigenvalue weighted by Gasteiger charge is 2.16. The van der Waals surface area contributed by atoms with Crippen molar-refractivity contribution in [1.82, 2.24) is 4.98 Å². The van der Waals surface area contributed by atoms with Crippen LogP contribution in [0.4, 0.5) is 5.69 Å². The highest BCUT2D eigenvalue weighted by molar-refractivity contribution is 6.13. The first kappa shape index (κ1) is 18.4. The lowest BCUT2D eigenvalue weighted by Gasteiger charge is -2.09. The molecule has 0 unspecified atom stereocenters. The predicted octanol–water partition coefficient (Wildman–Crippen LogP) is 5.23. The number of H-pyrrole nitrogens is 1. The third-order valence-corrected chi connectivity index (χ3v) is 4.52. The van der Waals surface area contributed by atoms with E-state index in [2.05, 4.69) is 10.3 Å². The largest absolute Gasteiger partial charge is 0.493 e. The topological polar surface area (TPSA) is 72.6 Å². The number of rotatable bonds is 6. The molecule has 0 aliphatic rings. The minimum Gasteiger partial charge on any atom is -0.493 e. The number of nitrogens with one attached hydrogen (secondary N) is 2. The number of carbonyl (C=O) groups is 1. The van der Waals surface area contributed by atoms with Crippen LogP contribution in [-0.4, -0.2) is 25.1 Å². The van der Waals surface area contributed by atoms with Gasteiger partial charge < -0.3 is 24.5 Å². The molecule has 0 aliphatic heterocycles. The summed E-state index contributed by atoms with van der Waals surface area (Å²) in [4.78, 5) is 15.9. The number of methoxy groups -OCH3 is 2. The van der Waals surface area contributed by atoms with Gasteiger partial charge in [0, 0.05) is 23.3 Å². The van der Waals surface area contributed by atoms with Crippen LogP contribution in [-0.2, 0) is 0 Å². The maximum Gasteiger partial charge on any atom is 0.257 e. The molecule has 4 rings (SSSR count). The lowest BCUT2D eigenvalue weighted by molar-refractivity contribution is 0.102. The molecule has 2 N–H and O–H groups in total. The van der Waals surface area contributed by atoms with Gasteiger partial charge in [-0.15, -0.1) is 0 Å². The molecule has 29 heavy (non-hydrogen) atoms. The number of carbonyl (C=O) groups excluding carboxylic acids is 1. The van der Waals surface area contributed by atoms with Crippen molar-refractivity contribution < 1.29 is 19.0 Å². The van der Waals surface area contributed by atoms with Gasteiger partial charge in [0.1, 0.15) is 11.5 Å². The first-order valence-electron chi connectivity index (χ1n) is 9.05. The van der Waals surface area contributed by atoms with Crippen molar-refractivity contribution >= 4 is 22.5 Å². The van der Waals surface area contributed by atoms with E-state index in [0.717, 1.165) is 16.7 Å². The van der Waals surface area contributed by atoms with Crippen molar-refractivity contribution in [2.75, 3.05) is 19.5 Å². The second-order valence-corrected chi connectivity index (χ2v) is 6.35. The molecule has 1 heterocycles. The van der Waals surface area contributed by atoms with E-state index >= 15 is 0 Å². The number of para-hydroxylation sites is 1. The Morgan fingerprint density at radius 2 is 1.52 bits per heavy atom. The van der Waals surface area contributed by atoms with Crippen LogP contribution in [0.2, 0.25) is 0 Å². The number of hydrogen-bond acceptors (Lipinski definition) is 4. The summed E-state index contributed by atoms with van der Waals surface area (Å²) in [6, 6.07) is 20.3. The van der Waals surface area contributed by atoms with E-state index in [4.69, 9.17) is 14.2 Å². The van der Waals surface area contributed by atoms with E-state index in [1.807, 2.05) is 42.5 Å². The molecule has 0 spiro atoms. The summed E-state index contributed by atoms with van der Waals surface area (Å²) in [5.74, 6) is 2.39. The Bertz CT molecular complexity index is 1130. The lowest BCUT2D eigenvalue weighted by Crippen LogP contribution is -2.11. The van der Waals surface area contributed by atoms with Gasteiger partial charge in [-0.05, 0) is 42.5 Å². The van der Waals surface area contributed by atoms with E-state index < -0.39 is 0 Å². The summed E-state index contributed by atoms with van der Waals surface area (Å²) < 4.78 is 16.4. The predicted molar refractivity (Wildman–Crippen MR) is 112 cm³/mol. The van der Waals surface area contributed by atoms with Crippen molar-refractivity contribution in [3.63, 3.8) is 0 Å². The van der Waals surface area contributed by atoms with Gasteiger partial charge in [0.25, 0.3) is 5.91 Å². The zero-order chi connectivity index (χ0) is 20.2. The van der Waals surface area contributed by atoms with Crippen LogP contribution in [0.3, 0.4) is 0 Å². The van der Waals surface area contributed by atoms with Gasteiger partial charge in [0.05, 0.1) is 25.3 Å². The lowest BCUT2D eigenvalue weighted by atomic mass is 10.1. The van der Waals surface area contributed by atoms with E-state index in [1.54, 1.807) is 44.7 Å². The smallest absolute Gasteiger partial charge is 0.257 e. The minimum atomic E-state index is -0.222. The monoisotopic (exact) mass is 388 g/mol. The Labute approximate surface area is 168 Å². The fourth-order valence-electron chi connectivity index (χ4n) is 3.07. The third kappa shape index (κ3) is 3.87. The van der Waals surface area contributed by atoms with Crippen molar-refractivity contribution in [3.8, 4) is 23.0 Å². The number of fused-ring (bicyclic) bond motifs is 1. The molecule has 0 aliphatic carbocycles. The number of benzene rings is 3. The average Bonchev–Trinajstić information content (AvgIpc) is 3.17. The standard InChI is InChI=1S/C23H20N2O4/c1-27-21-12-18-19(14-24-20(18)13-22(21)28-2)23(26)25-15-8-10-17(11-9-15)29-16-6-4-3-5-7-16/h3-14,24H,1-2H3,(H,25,26). The number of aromatic amines is 1. The molecule has 0 atom stereocenters. The summed E-state index contributed by atoms with van der Waals surface area (Å²) in [5.41, 5.74) is 1.98. The number of aromatic nitrogens is 1. The van der Waals surface area contributed by atoms with Crippen molar-refractivity contribution in [2.45, 2.75) is 0 Å². The Kier molecular flexibility index (Phi) is 5.07. The van der Waals surface area contributed by atoms with Crippen LogP contribution < -0.4 is 19.5 Å². The SMILES string of the molecule is COc1cc2[nH]cc(C(=O)Nc3ccc(Oc4ccccc4)cc3)c2cc1OC. The van der Waals surface area contributed by atoms with E-state index in [0.29, 0.717) is 28.5 Å². The van der Waals surface area contributed by atoms with Crippen LogP contribution in [0.25, 0.3) is 10.9 Å². The molecule has 0 saturated carbocycles. The fraction of sp³-hybridized carbons (Fsp3) is 0.0870. The molecule has 3 aromatic carbocycles. The average molecular weight is 388 g/mol. The van der Waals surface area contributed by atoms with Crippen LogP contribution in [0.15, 0.2) is 72.9 Å². The van der Waals surface area contributed by atoms with Crippen LogP contribution in [0.1, 0.15) is 10.4 Å². The Balaban J connectivity index is 1.52. The maximum atomic E-state index is 12.8. The highest BCUT2D eigenvalue weighted by atomic mass is 16.5. The van der Waals surface area contributed by atoms with Gasteiger partial charge in [0.15, 0.2) is 11.5 Å². The summed E-state index contributed by atoms with van der Waals surface area (Å²) in [6.07, 6.45) is 1.67. The Morgan fingerprint density at radius 3 is 2.21 bits per heavy atom. The molecule has 6 nitrogen and oxygen atoms in total. The summed E-state index contributed by atoms with van der Waals surface area (Å²) in [7, 11) is 3.14. The molecule has 0 saturated heterocycles. The van der Waals surface area contributed by atoms with Crippen LogP contribution >= 0.6 is 0 Å². The van der Waals surface area contributed by atoms with Gasteiger partial charge in [-0.25, -0.2) is 0 Å². The number of ether oxygens (including phenoxy) is 3. The van der Waals surface area contributed by atoms with E-state index in [9.17, 15) is 4.79 Å². The maximum absolute atomic E-state index is 12.8. The minimum absolute atomic E-state index is 0.222. The zero-order valence-electron chi connectivity index (χ0n) is 16.1. The summed E-state index contributed by atoms with van der Waals surface area (Å²) >= 11 is 0. The van der Waals surface area contributed by atoms with Gasteiger partial charge in [-0.1, -0.05) is 18.2 Å².